The van der Waals surface area contributed by atoms with Crippen LogP contribution in [0.15, 0.2) is 60.7 Å². The predicted octanol–water partition coefficient (Wildman–Crippen LogP) is 6.15. The Morgan fingerprint density at radius 2 is 1.39 bits per heavy atom. The fraction of sp³-hybridized carbons (Fsp3) is 0.455. The summed E-state index contributed by atoms with van der Waals surface area (Å²) in [6, 6.07) is 21.3. The van der Waals surface area contributed by atoms with Gasteiger partial charge in [-0.15, -0.1) is 0 Å². The maximum Gasteiger partial charge on any atom is 0.108 e. The fourth-order valence-electron chi connectivity index (χ4n) is 3.73. The monoisotopic (exact) mass is 308 g/mol. The lowest BCUT2D eigenvalue weighted by Crippen LogP contribution is -2.20. The van der Waals surface area contributed by atoms with Gasteiger partial charge >= 0.3 is 0 Å². The quantitative estimate of drug-likeness (QED) is 0.596. The van der Waals surface area contributed by atoms with E-state index in [1.807, 2.05) is 0 Å². The molecule has 1 aliphatic rings. The van der Waals surface area contributed by atoms with E-state index >= 15 is 0 Å². The number of rotatable bonds is 7. The summed E-state index contributed by atoms with van der Waals surface area (Å²) >= 11 is 0. The second-order valence-corrected chi connectivity index (χ2v) is 6.75. The van der Waals surface area contributed by atoms with E-state index in [9.17, 15) is 0 Å². The normalized spacial score (nSPS) is 16.8. The third-order valence-electron chi connectivity index (χ3n) is 5.06. The lowest BCUT2D eigenvalue weighted by Gasteiger charge is -2.27. The van der Waals surface area contributed by atoms with E-state index in [0.717, 1.165) is 12.3 Å². The van der Waals surface area contributed by atoms with E-state index in [2.05, 4.69) is 67.6 Å². The molecule has 1 aliphatic carbocycles. The second kappa shape index (κ2) is 8.31. The molecular formula is C22H28O. The topological polar surface area (TPSA) is 9.23 Å². The lowest BCUT2D eigenvalue weighted by atomic mass is 9.97. The Morgan fingerprint density at radius 3 is 1.87 bits per heavy atom. The third kappa shape index (κ3) is 4.45. The molecule has 1 unspecified atom stereocenters. The molecule has 0 saturated heterocycles. The molecule has 2 aromatic rings. The van der Waals surface area contributed by atoms with Gasteiger partial charge in [-0.1, -0.05) is 93.3 Å². The molecule has 23 heavy (non-hydrogen) atoms. The van der Waals surface area contributed by atoms with Crippen LogP contribution in [0, 0.1) is 5.92 Å². The summed E-state index contributed by atoms with van der Waals surface area (Å²) in [6.45, 7) is 2.26. The average Bonchev–Trinajstić information content (AvgIpc) is 3.13. The highest BCUT2D eigenvalue weighted by atomic mass is 16.5. The fourth-order valence-corrected chi connectivity index (χ4v) is 3.73. The number of ether oxygens (including phenoxy) is 1. The minimum atomic E-state index is 0.0451. The van der Waals surface area contributed by atoms with Crippen molar-refractivity contribution < 1.29 is 4.74 Å². The Labute approximate surface area is 140 Å². The molecule has 0 radical (unpaired) electrons. The van der Waals surface area contributed by atoms with Crippen molar-refractivity contribution in [1.29, 1.82) is 0 Å². The zero-order valence-electron chi connectivity index (χ0n) is 14.2. The van der Waals surface area contributed by atoms with Crippen molar-refractivity contribution in [2.75, 3.05) is 0 Å². The Balaban J connectivity index is 1.77. The largest absolute Gasteiger partial charge is 0.366 e. The highest BCUT2D eigenvalue weighted by Crippen LogP contribution is 2.34. The van der Waals surface area contributed by atoms with E-state index in [1.54, 1.807) is 0 Å². The SMILES string of the molecule is CCC(CC1CCCC1)OC(c1ccccc1)c1ccccc1. The molecule has 1 heteroatoms. The molecule has 2 aromatic carbocycles. The van der Waals surface area contributed by atoms with Crippen LogP contribution in [0.1, 0.15) is 62.7 Å². The molecule has 0 aliphatic heterocycles. The van der Waals surface area contributed by atoms with Crippen molar-refractivity contribution >= 4 is 0 Å². The van der Waals surface area contributed by atoms with Crippen LogP contribution in [-0.2, 0) is 4.74 Å². The van der Waals surface area contributed by atoms with Crippen LogP contribution >= 0.6 is 0 Å². The molecule has 1 nitrogen and oxygen atoms in total. The van der Waals surface area contributed by atoms with Gasteiger partial charge in [-0.05, 0) is 29.9 Å². The summed E-state index contributed by atoms with van der Waals surface area (Å²) in [5, 5.41) is 0. The smallest absolute Gasteiger partial charge is 0.108 e. The predicted molar refractivity (Wildman–Crippen MR) is 96.5 cm³/mol. The highest BCUT2D eigenvalue weighted by molar-refractivity contribution is 5.29. The Kier molecular flexibility index (Phi) is 5.87. The number of benzene rings is 2. The summed E-state index contributed by atoms with van der Waals surface area (Å²) in [5.74, 6) is 0.868. The first-order chi connectivity index (χ1) is 11.4. The van der Waals surface area contributed by atoms with Gasteiger partial charge in [0.15, 0.2) is 0 Å². The Bertz CT molecular complexity index is 518. The van der Waals surface area contributed by atoms with Gasteiger partial charge in [0, 0.05) is 0 Å². The van der Waals surface area contributed by atoms with Gasteiger partial charge in [0.25, 0.3) is 0 Å². The summed E-state index contributed by atoms with van der Waals surface area (Å²) in [7, 11) is 0. The molecule has 122 valence electrons. The zero-order valence-corrected chi connectivity index (χ0v) is 14.2. The van der Waals surface area contributed by atoms with Crippen LogP contribution in [0.5, 0.6) is 0 Å². The Morgan fingerprint density at radius 1 is 0.870 bits per heavy atom. The molecule has 0 bridgehead atoms. The van der Waals surface area contributed by atoms with Crippen molar-refractivity contribution in [3.8, 4) is 0 Å². The van der Waals surface area contributed by atoms with E-state index in [1.165, 1.54) is 43.2 Å². The second-order valence-electron chi connectivity index (χ2n) is 6.75. The summed E-state index contributed by atoms with van der Waals surface area (Å²) in [4.78, 5) is 0. The van der Waals surface area contributed by atoms with Crippen molar-refractivity contribution in [1.82, 2.24) is 0 Å². The first-order valence-corrected chi connectivity index (χ1v) is 9.12. The zero-order chi connectivity index (χ0) is 15.9. The van der Waals surface area contributed by atoms with E-state index < -0.39 is 0 Å². The van der Waals surface area contributed by atoms with Gasteiger partial charge < -0.3 is 4.74 Å². The molecular weight excluding hydrogens is 280 g/mol. The van der Waals surface area contributed by atoms with Gasteiger partial charge in [-0.2, -0.15) is 0 Å². The Hall–Kier alpha value is -1.60. The van der Waals surface area contributed by atoms with E-state index in [-0.39, 0.29) is 6.10 Å². The van der Waals surface area contributed by atoms with Crippen LogP contribution < -0.4 is 0 Å². The third-order valence-corrected chi connectivity index (χ3v) is 5.06. The van der Waals surface area contributed by atoms with Crippen molar-refractivity contribution in [3.63, 3.8) is 0 Å². The van der Waals surface area contributed by atoms with Crippen molar-refractivity contribution in [2.45, 2.75) is 57.7 Å². The molecule has 0 N–H and O–H groups in total. The van der Waals surface area contributed by atoms with Gasteiger partial charge in [0.1, 0.15) is 6.10 Å². The first kappa shape index (κ1) is 16.3. The van der Waals surface area contributed by atoms with E-state index in [4.69, 9.17) is 4.74 Å². The minimum absolute atomic E-state index is 0.0451. The van der Waals surface area contributed by atoms with Crippen LogP contribution in [0.3, 0.4) is 0 Å². The van der Waals surface area contributed by atoms with Crippen LogP contribution in [0.4, 0.5) is 0 Å². The van der Waals surface area contributed by atoms with Gasteiger partial charge in [0.05, 0.1) is 6.10 Å². The minimum Gasteiger partial charge on any atom is -0.366 e. The molecule has 1 saturated carbocycles. The summed E-state index contributed by atoms with van der Waals surface area (Å²) in [6.07, 6.45) is 8.29. The average molecular weight is 308 g/mol. The molecule has 0 heterocycles. The number of hydrogen-bond donors (Lipinski definition) is 0. The first-order valence-electron chi connectivity index (χ1n) is 9.12. The van der Waals surface area contributed by atoms with Crippen LogP contribution in [0.2, 0.25) is 0 Å². The molecule has 1 atom stereocenters. The maximum absolute atomic E-state index is 6.63. The summed E-state index contributed by atoms with van der Waals surface area (Å²) in [5.41, 5.74) is 2.51. The molecule has 3 rings (SSSR count). The van der Waals surface area contributed by atoms with Gasteiger partial charge in [-0.3, -0.25) is 0 Å². The highest BCUT2D eigenvalue weighted by Gasteiger charge is 2.23. The van der Waals surface area contributed by atoms with Gasteiger partial charge in [0.2, 0.25) is 0 Å². The van der Waals surface area contributed by atoms with Gasteiger partial charge in [-0.25, -0.2) is 0 Å². The van der Waals surface area contributed by atoms with E-state index in [0.29, 0.717) is 6.10 Å². The molecule has 0 spiro atoms. The van der Waals surface area contributed by atoms with Crippen molar-refractivity contribution in [2.24, 2.45) is 5.92 Å². The lowest BCUT2D eigenvalue weighted by molar-refractivity contribution is -0.00705. The molecule has 1 fully saturated rings. The van der Waals surface area contributed by atoms with Crippen LogP contribution in [-0.4, -0.2) is 6.10 Å². The van der Waals surface area contributed by atoms with Crippen molar-refractivity contribution in [3.05, 3.63) is 71.8 Å². The standard InChI is InChI=1S/C22H28O/c1-2-21(17-18-11-9-10-12-18)23-22(19-13-5-3-6-14-19)20-15-7-4-8-16-20/h3-8,13-16,18,21-22H,2,9-12,17H2,1H3. The maximum atomic E-state index is 6.63. The summed E-state index contributed by atoms with van der Waals surface area (Å²) < 4.78 is 6.63. The van der Waals surface area contributed by atoms with Crippen LogP contribution in [0.25, 0.3) is 0 Å². The molecule has 0 aromatic heterocycles. The number of hydrogen-bond acceptors (Lipinski definition) is 1. The molecule has 0 amide bonds.